The Balaban J connectivity index is 4.62. The van der Waals surface area contributed by atoms with Gasteiger partial charge in [0.25, 0.3) is 0 Å². The average molecular weight is 282 g/mol. The maximum atomic E-state index is 12.0. The van der Waals surface area contributed by atoms with Crippen LogP contribution in [-0.4, -0.2) is 36.0 Å². The van der Waals surface area contributed by atoms with Gasteiger partial charge in [-0.15, -0.1) is 13.2 Å². The number of ether oxygens (including phenoxy) is 1. The van der Waals surface area contributed by atoms with E-state index >= 15 is 0 Å². The second-order valence-electron chi connectivity index (χ2n) is 5.02. The maximum Gasteiger partial charge on any atom is 0.333 e. The van der Waals surface area contributed by atoms with Crippen molar-refractivity contribution in [2.24, 2.45) is 11.3 Å². The fraction of sp³-hybridized carbons (Fsp3) is 0.562. The molecule has 0 radical (unpaired) electrons. The summed E-state index contributed by atoms with van der Waals surface area (Å²) in [6, 6.07) is 0. The Morgan fingerprint density at radius 3 is 2.10 bits per heavy atom. The zero-order valence-electron chi connectivity index (χ0n) is 12.3. The molecular weight excluding hydrogens is 256 g/mol. The van der Waals surface area contributed by atoms with E-state index < -0.39 is 11.4 Å². The summed E-state index contributed by atoms with van der Waals surface area (Å²) in [6.07, 6.45) is 5.22. The van der Waals surface area contributed by atoms with Gasteiger partial charge in [0.2, 0.25) is 0 Å². The molecule has 2 N–H and O–H groups in total. The number of aliphatic hydroxyl groups excluding tert-OH is 2. The molecule has 0 bridgehead atoms. The van der Waals surface area contributed by atoms with E-state index in [4.69, 9.17) is 4.74 Å². The maximum absolute atomic E-state index is 12.0. The Hall–Kier alpha value is -1.39. The van der Waals surface area contributed by atoms with Gasteiger partial charge in [-0.3, -0.25) is 0 Å². The molecule has 0 aromatic heterocycles. The second-order valence-corrected chi connectivity index (χ2v) is 5.02. The van der Waals surface area contributed by atoms with Gasteiger partial charge in [-0.2, -0.15) is 0 Å². The SMILES string of the molecule is C=CCC(CC=C)C(=C)C(=O)OCC(CC)(CO)CO. The Morgan fingerprint density at radius 2 is 1.75 bits per heavy atom. The van der Waals surface area contributed by atoms with Crippen LogP contribution in [0.15, 0.2) is 37.5 Å². The normalized spacial score (nSPS) is 11.2. The third-order valence-corrected chi connectivity index (χ3v) is 3.59. The Bertz CT molecular complexity index is 324. The molecule has 0 spiro atoms. The highest BCUT2D eigenvalue weighted by molar-refractivity contribution is 5.88. The first-order chi connectivity index (χ1) is 9.50. The van der Waals surface area contributed by atoms with Crippen LogP contribution in [0.25, 0.3) is 0 Å². The van der Waals surface area contributed by atoms with Crippen molar-refractivity contribution in [1.82, 2.24) is 0 Å². The fourth-order valence-corrected chi connectivity index (χ4v) is 1.73. The van der Waals surface area contributed by atoms with Gasteiger partial charge in [0.15, 0.2) is 0 Å². The summed E-state index contributed by atoms with van der Waals surface area (Å²) in [7, 11) is 0. The Kier molecular flexibility index (Phi) is 8.84. The molecule has 0 aliphatic rings. The predicted octanol–water partition coefficient (Wildman–Crippen LogP) is 2.24. The Labute approximate surface area is 121 Å². The summed E-state index contributed by atoms with van der Waals surface area (Å²) < 4.78 is 5.19. The molecule has 0 aromatic carbocycles. The molecule has 4 heteroatoms. The van der Waals surface area contributed by atoms with Gasteiger partial charge in [0.05, 0.1) is 18.6 Å². The lowest BCUT2D eigenvalue weighted by Crippen LogP contribution is -2.35. The summed E-state index contributed by atoms with van der Waals surface area (Å²) >= 11 is 0. The van der Waals surface area contributed by atoms with Crippen LogP contribution in [0.2, 0.25) is 0 Å². The van der Waals surface area contributed by atoms with Gasteiger partial charge in [0.1, 0.15) is 6.61 Å². The zero-order valence-corrected chi connectivity index (χ0v) is 12.3. The van der Waals surface area contributed by atoms with Gasteiger partial charge in [-0.1, -0.05) is 25.7 Å². The van der Waals surface area contributed by atoms with Crippen LogP contribution < -0.4 is 0 Å². The van der Waals surface area contributed by atoms with Crippen molar-refractivity contribution in [3.63, 3.8) is 0 Å². The van der Waals surface area contributed by atoms with E-state index in [1.54, 1.807) is 12.2 Å². The standard InChI is InChI=1S/C16H26O4/c1-5-8-14(9-6-2)13(4)15(19)20-12-16(7-3,10-17)11-18/h5-6,14,17-18H,1-2,4,7-12H2,3H3. The number of hydrogen-bond donors (Lipinski definition) is 2. The Morgan fingerprint density at radius 1 is 1.25 bits per heavy atom. The highest BCUT2D eigenvalue weighted by Gasteiger charge is 2.29. The molecular formula is C16H26O4. The van der Waals surface area contributed by atoms with Gasteiger partial charge < -0.3 is 14.9 Å². The zero-order chi connectivity index (χ0) is 15.6. The van der Waals surface area contributed by atoms with Crippen molar-refractivity contribution in [3.05, 3.63) is 37.5 Å². The quantitative estimate of drug-likeness (QED) is 0.346. The summed E-state index contributed by atoms with van der Waals surface area (Å²) in [6.45, 7) is 12.4. The third kappa shape index (κ3) is 5.31. The van der Waals surface area contributed by atoms with Gasteiger partial charge in [-0.05, 0) is 25.2 Å². The number of aliphatic hydroxyl groups is 2. The molecule has 4 nitrogen and oxygen atoms in total. The van der Waals surface area contributed by atoms with Crippen molar-refractivity contribution in [3.8, 4) is 0 Å². The summed E-state index contributed by atoms with van der Waals surface area (Å²) in [4.78, 5) is 12.0. The second kappa shape index (κ2) is 9.50. The lowest BCUT2D eigenvalue weighted by Gasteiger charge is -2.28. The van der Waals surface area contributed by atoms with Crippen LogP contribution in [0, 0.1) is 11.3 Å². The van der Waals surface area contributed by atoms with Crippen LogP contribution in [0.4, 0.5) is 0 Å². The first-order valence-electron chi connectivity index (χ1n) is 6.79. The number of carbonyl (C=O) groups is 1. The summed E-state index contributed by atoms with van der Waals surface area (Å²) in [5.74, 6) is -0.574. The van der Waals surface area contributed by atoms with Gasteiger partial charge >= 0.3 is 5.97 Å². The van der Waals surface area contributed by atoms with E-state index in [0.717, 1.165) is 0 Å². The topological polar surface area (TPSA) is 66.8 Å². The molecule has 0 atom stereocenters. The molecule has 0 heterocycles. The average Bonchev–Trinajstić information content (AvgIpc) is 2.48. The van der Waals surface area contributed by atoms with Crippen LogP contribution in [0.3, 0.4) is 0 Å². The van der Waals surface area contributed by atoms with Crippen LogP contribution >= 0.6 is 0 Å². The molecule has 0 saturated carbocycles. The van der Waals surface area contributed by atoms with E-state index in [1.165, 1.54) is 0 Å². The molecule has 20 heavy (non-hydrogen) atoms. The minimum atomic E-state index is -0.789. The molecule has 114 valence electrons. The van der Waals surface area contributed by atoms with Crippen molar-refractivity contribution in [1.29, 1.82) is 0 Å². The van der Waals surface area contributed by atoms with E-state index in [2.05, 4.69) is 19.7 Å². The van der Waals surface area contributed by atoms with Crippen molar-refractivity contribution < 1.29 is 19.7 Å². The first-order valence-corrected chi connectivity index (χ1v) is 6.79. The molecule has 0 rings (SSSR count). The van der Waals surface area contributed by atoms with Crippen molar-refractivity contribution in [2.75, 3.05) is 19.8 Å². The van der Waals surface area contributed by atoms with E-state index in [1.807, 2.05) is 6.92 Å². The van der Waals surface area contributed by atoms with Crippen LogP contribution in [0.1, 0.15) is 26.2 Å². The molecule has 0 aliphatic carbocycles. The van der Waals surface area contributed by atoms with Gasteiger partial charge in [-0.25, -0.2) is 4.79 Å². The number of allylic oxidation sites excluding steroid dienone is 2. The van der Waals surface area contributed by atoms with Crippen molar-refractivity contribution in [2.45, 2.75) is 26.2 Å². The fourth-order valence-electron chi connectivity index (χ4n) is 1.73. The molecule has 0 amide bonds. The number of carbonyl (C=O) groups excluding carboxylic acids is 1. The van der Waals surface area contributed by atoms with Crippen molar-refractivity contribution >= 4 is 5.97 Å². The highest BCUT2D eigenvalue weighted by atomic mass is 16.5. The monoisotopic (exact) mass is 282 g/mol. The third-order valence-electron chi connectivity index (χ3n) is 3.59. The van der Waals surface area contributed by atoms with Gasteiger partial charge in [0, 0.05) is 5.57 Å². The lowest BCUT2D eigenvalue weighted by atomic mass is 9.88. The van der Waals surface area contributed by atoms with E-state index in [-0.39, 0.29) is 25.7 Å². The summed E-state index contributed by atoms with van der Waals surface area (Å²) in [5.41, 5.74) is -0.423. The summed E-state index contributed by atoms with van der Waals surface area (Å²) in [5, 5.41) is 18.6. The number of rotatable bonds is 11. The molecule has 0 fully saturated rings. The minimum Gasteiger partial charge on any atom is -0.462 e. The first kappa shape index (κ1) is 18.6. The smallest absolute Gasteiger partial charge is 0.333 e. The largest absolute Gasteiger partial charge is 0.462 e. The highest BCUT2D eigenvalue weighted by Crippen LogP contribution is 2.24. The molecule has 0 unspecified atom stereocenters. The molecule has 0 aromatic rings. The lowest BCUT2D eigenvalue weighted by molar-refractivity contribution is -0.145. The van der Waals surface area contributed by atoms with E-state index in [9.17, 15) is 15.0 Å². The number of esters is 1. The van der Waals surface area contributed by atoms with Crippen LogP contribution in [-0.2, 0) is 9.53 Å². The predicted molar refractivity (Wildman–Crippen MR) is 80.1 cm³/mol. The molecule has 0 saturated heterocycles. The minimum absolute atomic E-state index is 0.0246. The van der Waals surface area contributed by atoms with Crippen LogP contribution in [0.5, 0.6) is 0 Å². The van der Waals surface area contributed by atoms with E-state index in [0.29, 0.717) is 24.8 Å². The number of hydrogen-bond acceptors (Lipinski definition) is 4. The molecule has 0 aliphatic heterocycles.